The highest BCUT2D eigenvalue weighted by Crippen LogP contribution is 2.48. The largest absolute Gasteiger partial charge is 0.466 e. The van der Waals surface area contributed by atoms with Gasteiger partial charge in [0.2, 0.25) is 0 Å². The first-order chi connectivity index (χ1) is 14.9. The molecule has 7 nitrogen and oxygen atoms in total. The number of aliphatic hydroxyl groups excluding tert-OH is 2. The lowest BCUT2D eigenvalue weighted by Crippen LogP contribution is -2.53. The third-order valence-electron chi connectivity index (χ3n) is 6.88. The first-order valence-electron chi connectivity index (χ1n) is 11.4. The molecule has 0 radical (unpaired) electrons. The van der Waals surface area contributed by atoms with Crippen molar-refractivity contribution in [2.24, 2.45) is 23.7 Å². The Balaban J connectivity index is 2.15. The number of carbonyl (C=O) groups is 2. The second kappa shape index (κ2) is 10.8. The van der Waals surface area contributed by atoms with E-state index >= 15 is 0 Å². The highest BCUT2D eigenvalue weighted by atomic mass is 16.5. The lowest BCUT2D eigenvalue weighted by Gasteiger charge is -2.42. The van der Waals surface area contributed by atoms with Crippen LogP contribution in [0.2, 0.25) is 0 Å². The third kappa shape index (κ3) is 5.69. The number of esters is 1. The summed E-state index contributed by atoms with van der Waals surface area (Å²) >= 11 is 0. The molecule has 4 N–H and O–H groups in total. The van der Waals surface area contributed by atoms with Crippen LogP contribution in [0, 0.1) is 23.7 Å². The van der Waals surface area contributed by atoms with Crippen LogP contribution in [-0.4, -0.2) is 58.2 Å². The molecule has 7 heteroatoms. The van der Waals surface area contributed by atoms with E-state index in [1.807, 2.05) is 26.0 Å². The zero-order chi connectivity index (χ0) is 24.2. The predicted molar refractivity (Wildman–Crippen MR) is 122 cm³/mol. The highest BCUT2D eigenvalue weighted by Gasteiger charge is 2.60. The van der Waals surface area contributed by atoms with E-state index in [4.69, 9.17) is 0 Å². The molecule has 2 rings (SSSR count). The maximum Gasteiger partial charge on any atom is 0.330 e. The monoisotopic (exact) mass is 449 g/mol. The molecule has 1 heterocycles. The van der Waals surface area contributed by atoms with Gasteiger partial charge < -0.3 is 25.4 Å². The molecule has 0 aromatic heterocycles. The van der Waals surface area contributed by atoms with Crippen LogP contribution in [0.1, 0.15) is 53.9 Å². The number of fused-ring (bicyclic) bond motifs is 1. The van der Waals surface area contributed by atoms with Gasteiger partial charge in [0.15, 0.2) is 5.60 Å². The van der Waals surface area contributed by atoms with Gasteiger partial charge in [-0.1, -0.05) is 44.1 Å². The predicted octanol–water partition coefficient (Wildman–Crippen LogP) is 2.27. The zero-order valence-corrected chi connectivity index (χ0v) is 20.0. The number of amides is 1. The van der Waals surface area contributed by atoms with Crippen molar-refractivity contribution in [2.45, 2.75) is 77.7 Å². The second-order valence-electron chi connectivity index (χ2n) is 9.78. The van der Waals surface area contributed by atoms with Crippen molar-refractivity contribution in [3.8, 4) is 0 Å². The van der Waals surface area contributed by atoms with Crippen LogP contribution in [0.5, 0.6) is 0 Å². The van der Waals surface area contributed by atoms with Crippen molar-refractivity contribution >= 4 is 11.9 Å². The molecule has 7 atom stereocenters. The molecule has 0 aromatic carbocycles. The standard InChI is InChI=1S/C25H39NO6/c1-14(2)11-19-23-17(5)16(4)13-18(25(23,31)24(30)26-19)12-15(3)7-8-20(27)21(28)9-10-22(29)32-6/h9-10,12-14,17-21,23,27-28,31H,7-8,11H2,1-6H3,(H,26,30)/t17-,18+,19+,20-,21+,23+,25-/m1/s1. The zero-order valence-electron chi connectivity index (χ0n) is 20.0. The molecule has 0 spiro atoms. The third-order valence-corrected chi connectivity index (χ3v) is 6.88. The van der Waals surface area contributed by atoms with Crippen LogP contribution in [0.3, 0.4) is 0 Å². The molecule has 0 saturated carbocycles. The van der Waals surface area contributed by atoms with Gasteiger partial charge in [-0.15, -0.1) is 0 Å². The fraction of sp³-hybridized carbons (Fsp3) is 0.680. The van der Waals surface area contributed by atoms with Crippen LogP contribution in [0.15, 0.2) is 35.5 Å². The Morgan fingerprint density at radius 1 is 1.34 bits per heavy atom. The smallest absolute Gasteiger partial charge is 0.330 e. The molecule has 180 valence electrons. The molecule has 1 aliphatic heterocycles. The number of aliphatic hydroxyl groups is 3. The van der Waals surface area contributed by atoms with Crippen molar-refractivity contribution in [1.82, 2.24) is 5.32 Å². The molecule has 1 aliphatic carbocycles. The molecule has 32 heavy (non-hydrogen) atoms. The van der Waals surface area contributed by atoms with Gasteiger partial charge >= 0.3 is 5.97 Å². The Bertz CT molecular complexity index is 785. The summed E-state index contributed by atoms with van der Waals surface area (Å²) in [5, 5.41) is 34.9. The number of nitrogens with one attached hydrogen (secondary N) is 1. The summed E-state index contributed by atoms with van der Waals surface area (Å²) in [5.74, 6) is -1.09. The molecule has 0 bridgehead atoms. The van der Waals surface area contributed by atoms with E-state index in [-0.39, 0.29) is 30.2 Å². The Morgan fingerprint density at radius 3 is 2.59 bits per heavy atom. The molecular formula is C25H39NO6. The number of hydrogen-bond acceptors (Lipinski definition) is 6. The highest BCUT2D eigenvalue weighted by molar-refractivity contribution is 5.90. The van der Waals surface area contributed by atoms with Crippen LogP contribution in [-0.2, 0) is 14.3 Å². The minimum Gasteiger partial charge on any atom is -0.466 e. The Labute approximate surface area is 191 Å². The number of allylic oxidation sites excluding steroid dienone is 2. The van der Waals surface area contributed by atoms with E-state index in [1.54, 1.807) is 0 Å². The Hall–Kier alpha value is -1.96. The second-order valence-corrected chi connectivity index (χ2v) is 9.78. The SMILES string of the molecule is COC(=O)C=C[C@H](O)[C@H](O)CCC(C)=C[C@H]1C=C(C)[C@@H](C)[C@H]2[C@H](CC(C)C)NC(=O)[C@@]12O. The number of ether oxygens (including phenoxy) is 1. The van der Waals surface area contributed by atoms with E-state index < -0.39 is 29.7 Å². The first kappa shape index (κ1) is 26.3. The number of hydrogen-bond donors (Lipinski definition) is 4. The van der Waals surface area contributed by atoms with Gasteiger partial charge in [-0.2, -0.15) is 0 Å². The maximum absolute atomic E-state index is 12.9. The fourth-order valence-electron chi connectivity index (χ4n) is 4.98. The van der Waals surface area contributed by atoms with E-state index in [2.05, 4.69) is 30.8 Å². The van der Waals surface area contributed by atoms with Gasteiger partial charge in [-0.05, 0) is 51.0 Å². The lowest BCUT2D eigenvalue weighted by molar-refractivity contribution is -0.143. The van der Waals surface area contributed by atoms with Gasteiger partial charge in [0.1, 0.15) is 0 Å². The molecular weight excluding hydrogens is 410 g/mol. The van der Waals surface area contributed by atoms with E-state index in [9.17, 15) is 24.9 Å². The average Bonchev–Trinajstić information content (AvgIpc) is 2.98. The van der Waals surface area contributed by atoms with Crippen molar-refractivity contribution in [3.05, 3.63) is 35.5 Å². The van der Waals surface area contributed by atoms with Gasteiger partial charge in [-0.3, -0.25) is 4.79 Å². The molecule has 1 amide bonds. The van der Waals surface area contributed by atoms with E-state index in [1.165, 1.54) is 13.2 Å². The van der Waals surface area contributed by atoms with Crippen LogP contribution in [0.25, 0.3) is 0 Å². The van der Waals surface area contributed by atoms with Crippen LogP contribution in [0.4, 0.5) is 0 Å². The van der Waals surface area contributed by atoms with E-state index in [0.29, 0.717) is 12.3 Å². The van der Waals surface area contributed by atoms with Crippen molar-refractivity contribution < 1.29 is 29.6 Å². The molecule has 0 unspecified atom stereocenters. The Morgan fingerprint density at radius 2 is 2.00 bits per heavy atom. The molecule has 1 fully saturated rings. The summed E-state index contributed by atoms with van der Waals surface area (Å²) in [4.78, 5) is 24.1. The normalized spacial score (nSPS) is 32.5. The quantitative estimate of drug-likeness (QED) is 0.244. The van der Waals surface area contributed by atoms with Gasteiger partial charge in [0.05, 0.1) is 19.3 Å². The average molecular weight is 450 g/mol. The summed E-state index contributed by atoms with van der Waals surface area (Å²) in [6.07, 6.45) is 5.48. The summed E-state index contributed by atoms with van der Waals surface area (Å²) in [7, 11) is 1.24. The van der Waals surface area contributed by atoms with Crippen molar-refractivity contribution in [2.75, 3.05) is 7.11 Å². The first-order valence-corrected chi connectivity index (χ1v) is 11.4. The fourth-order valence-corrected chi connectivity index (χ4v) is 4.98. The lowest BCUT2D eigenvalue weighted by atomic mass is 9.63. The van der Waals surface area contributed by atoms with Crippen molar-refractivity contribution in [3.63, 3.8) is 0 Å². The summed E-state index contributed by atoms with van der Waals surface area (Å²) in [6.45, 7) is 10.2. The number of carbonyl (C=O) groups excluding carboxylic acids is 2. The number of methoxy groups -OCH3 is 1. The molecule has 2 aliphatic rings. The Kier molecular flexibility index (Phi) is 8.85. The summed E-state index contributed by atoms with van der Waals surface area (Å²) < 4.78 is 4.47. The molecule has 0 aromatic rings. The minimum atomic E-state index is -1.50. The van der Waals surface area contributed by atoms with Gasteiger partial charge in [0, 0.05) is 24.0 Å². The van der Waals surface area contributed by atoms with Crippen LogP contribution < -0.4 is 5.32 Å². The van der Waals surface area contributed by atoms with Gasteiger partial charge in [0.25, 0.3) is 5.91 Å². The summed E-state index contributed by atoms with van der Waals surface area (Å²) in [6, 6.07) is -0.0686. The van der Waals surface area contributed by atoms with Crippen LogP contribution >= 0.6 is 0 Å². The molecule has 1 saturated heterocycles. The van der Waals surface area contributed by atoms with Gasteiger partial charge in [-0.25, -0.2) is 4.79 Å². The summed E-state index contributed by atoms with van der Waals surface area (Å²) in [5.41, 5.74) is 0.563. The topological polar surface area (TPSA) is 116 Å². The van der Waals surface area contributed by atoms with E-state index in [0.717, 1.165) is 23.6 Å². The maximum atomic E-state index is 12.9. The minimum absolute atomic E-state index is 0.0686. The number of rotatable bonds is 9. The van der Waals surface area contributed by atoms with Crippen molar-refractivity contribution in [1.29, 1.82) is 0 Å².